The minimum absolute atomic E-state index is 0.182. The fraction of sp³-hybridized carbons (Fsp3) is 0.364. The lowest BCUT2D eigenvalue weighted by Gasteiger charge is -2.07. The molecule has 2 aromatic rings. The fourth-order valence-corrected chi connectivity index (χ4v) is 1.73. The number of halogens is 2. The monoisotopic (exact) mass is 241 g/mol. The molecular weight excluding hydrogens is 228 g/mol. The Kier molecular flexibility index (Phi) is 2.65. The lowest BCUT2D eigenvalue weighted by molar-refractivity contribution is 0.0217. The van der Waals surface area contributed by atoms with Gasteiger partial charge in [0, 0.05) is 6.20 Å². The molecular formula is C11H13F2N3O. The minimum Gasteiger partial charge on any atom is -0.494 e. The molecule has 6 heteroatoms. The Hall–Kier alpha value is -1.85. The molecule has 4 nitrogen and oxygen atoms in total. The zero-order valence-corrected chi connectivity index (χ0v) is 9.58. The van der Waals surface area contributed by atoms with E-state index < -0.39 is 12.3 Å². The third kappa shape index (κ3) is 2.15. The highest BCUT2D eigenvalue weighted by Gasteiger charge is 2.26. The van der Waals surface area contributed by atoms with Crippen LogP contribution >= 0.6 is 0 Å². The molecule has 2 N–H and O–H groups in total. The molecule has 17 heavy (non-hydrogen) atoms. The summed E-state index contributed by atoms with van der Waals surface area (Å²) in [6, 6.07) is 3.42. The number of nitrogens with two attached hydrogens (primary N) is 1. The Morgan fingerprint density at radius 1 is 1.53 bits per heavy atom. The van der Waals surface area contributed by atoms with Gasteiger partial charge in [0.05, 0.1) is 24.9 Å². The lowest BCUT2D eigenvalue weighted by atomic mass is 10.2. The average molecular weight is 241 g/mol. The van der Waals surface area contributed by atoms with Crippen molar-refractivity contribution in [3.63, 3.8) is 0 Å². The second-order valence-corrected chi connectivity index (χ2v) is 3.98. The summed E-state index contributed by atoms with van der Waals surface area (Å²) in [5.41, 5.74) is 6.77. The van der Waals surface area contributed by atoms with Gasteiger partial charge in [-0.05, 0) is 19.1 Å². The molecule has 0 unspecified atom stereocenters. The van der Waals surface area contributed by atoms with E-state index in [0.717, 1.165) is 6.92 Å². The standard InChI is InChI=1S/C11H13F2N3O/c1-11(12,13)6-7-9(14)10-8(17-2)4-3-5-16(10)15-7/h3-5H,6,14H2,1-2H3. The van der Waals surface area contributed by atoms with E-state index in [0.29, 0.717) is 11.3 Å². The Balaban J connectivity index is 2.57. The van der Waals surface area contributed by atoms with Crippen LogP contribution in [0.5, 0.6) is 5.75 Å². The molecule has 92 valence electrons. The first-order valence-corrected chi connectivity index (χ1v) is 5.10. The van der Waals surface area contributed by atoms with Crippen LogP contribution in [0.15, 0.2) is 18.3 Å². The van der Waals surface area contributed by atoms with Crippen LogP contribution in [-0.4, -0.2) is 22.6 Å². The molecule has 2 rings (SSSR count). The van der Waals surface area contributed by atoms with Crippen molar-refractivity contribution < 1.29 is 13.5 Å². The van der Waals surface area contributed by atoms with Gasteiger partial charge in [-0.1, -0.05) is 0 Å². The highest BCUT2D eigenvalue weighted by molar-refractivity contribution is 5.78. The van der Waals surface area contributed by atoms with Gasteiger partial charge in [0.25, 0.3) is 5.92 Å². The van der Waals surface area contributed by atoms with Crippen LogP contribution in [0.3, 0.4) is 0 Å². The number of hydrogen-bond acceptors (Lipinski definition) is 3. The molecule has 0 saturated carbocycles. The van der Waals surface area contributed by atoms with E-state index >= 15 is 0 Å². The van der Waals surface area contributed by atoms with E-state index in [-0.39, 0.29) is 11.4 Å². The van der Waals surface area contributed by atoms with Gasteiger partial charge < -0.3 is 10.5 Å². The Bertz CT molecular complexity index is 545. The number of rotatable bonds is 3. The van der Waals surface area contributed by atoms with E-state index in [1.54, 1.807) is 18.3 Å². The molecule has 0 bridgehead atoms. The van der Waals surface area contributed by atoms with Crippen molar-refractivity contribution in [2.24, 2.45) is 0 Å². The predicted octanol–water partition coefficient (Wildman–Crippen LogP) is 2.12. The lowest BCUT2D eigenvalue weighted by Crippen LogP contribution is -2.15. The quantitative estimate of drug-likeness (QED) is 0.895. The molecule has 0 saturated heterocycles. The van der Waals surface area contributed by atoms with Gasteiger partial charge in [-0.2, -0.15) is 5.10 Å². The summed E-state index contributed by atoms with van der Waals surface area (Å²) in [6.45, 7) is 0.841. The number of fused-ring (bicyclic) bond motifs is 1. The van der Waals surface area contributed by atoms with Gasteiger partial charge in [-0.25, -0.2) is 13.3 Å². The molecule has 2 aromatic heterocycles. The summed E-state index contributed by atoms with van der Waals surface area (Å²) in [5, 5.41) is 4.04. The van der Waals surface area contributed by atoms with E-state index in [2.05, 4.69) is 5.10 Å². The van der Waals surface area contributed by atoms with Crippen LogP contribution in [0.25, 0.3) is 5.52 Å². The Labute approximate surface area is 97.0 Å². The molecule has 0 fully saturated rings. The van der Waals surface area contributed by atoms with Gasteiger partial charge in [0.1, 0.15) is 11.3 Å². The maximum atomic E-state index is 13.0. The number of alkyl halides is 2. The van der Waals surface area contributed by atoms with Crippen molar-refractivity contribution in [2.45, 2.75) is 19.3 Å². The number of nitrogen functional groups attached to an aromatic ring is 1. The predicted molar refractivity (Wildman–Crippen MR) is 60.5 cm³/mol. The van der Waals surface area contributed by atoms with Crippen LogP contribution in [0, 0.1) is 0 Å². The summed E-state index contributed by atoms with van der Waals surface area (Å²) in [6.07, 6.45) is 1.16. The summed E-state index contributed by atoms with van der Waals surface area (Å²) in [7, 11) is 1.50. The SMILES string of the molecule is COc1cccn2nc(CC(C)(F)F)c(N)c12. The summed E-state index contributed by atoms with van der Waals surface area (Å²) in [5.74, 6) is -2.32. The third-order valence-electron chi connectivity index (χ3n) is 2.43. The van der Waals surface area contributed by atoms with Crippen LogP contribution in [0.4, 0.5) is 14.5 Å². The van der Waals surface area contributed by atoms with E-state index in [9.17, 15) is 8.78 Å². The number of hydrogen-bond donors (Lipinski definition) is 1. The Morgan fingerprint density at radius 3 is 2.82 bits per heavy atom. The van der Waals surface area contributed by atoms with E-state index in [1.165, 1.54) is 11.6 Å². The molecule has 0 aliphatic carbocycles. The van der Waals surface area contributed by atoms with Crippen molar-refractivity contribution in [3.8, 4) is 5.75 Å². The van der Waals surface area contributed by atoms with Crippen molar-refractivity contribution in [2.75, 3.05) is 12.8 Å². The molecule has 2 heterocycles. The number of ether oxygens (including phenoxy) is 1. The third-order valence-corrected chi connectivity index (χ3v) is 2.43. The van der Waals surface area contributed by atoms with Crippen LogP contribution < -0.4 is 10.5 Å². The zero-order valence-electron chi connectivity index (χ0n) is 9.58. The normalized spacial score (nSPS) is 12.0. The van der Waals surface area contributed by atoms with Crippen molar-refractivity contribution in [1.82, 2.24) is 9.61 Å². The number of methoxy groups -OCH3 is 1. The molecule has 0 amide bonds. The highest BCUT2D eigenvalue weighted by Crippen LogP contribution is 2.30. The van der Waals surface area contributed by atoms with E-state index in [4.69, 9.17) is 10.5 Å². The van der Waals surface area contributed by atoms with Crippen molar-refractivity contribution in [1.29, 1.82) is 0 Å². The maximum Gasteiger partial charge on any atom is 0.251 e. The van der Waals surface area contributed by atoms with Crippen molar-refractivity contribution in [3.05, 3.63) is 24.0 Å². The van der Waals surface area contributed by atoms with Gasteiger partial charge in [-0.15, -0.1) is 0 Å². The van der Waals surface area contributed by atoms with Crippen LogP contribution in [0.2, 0.25) is 0 Å². The Morgan fingerprint density at radius 2 is 2.24 bits per heavy atom. The smallest absolute Gasteiger partial charge is 0.251 e. The van der Waals surface area contributed by atoms with Crippen molar-refractivity contribution >= 4 is 11.2 Å². The number of aromatic nitrogens is 2. The second-order valence-electron chi connectivity index (χ2n) is 3.98. The van der Waals surface area contributed by atoms with Gasteiger partial charge >= 0.3 is 0 Å². The fourth-order valence-electron chi connectivity index (χ4n) is 1.73. The van der Waals surface area contributed by atoms with Gasteiger partial charge in [-0.3, -0.25) is 0 Å². The first-order valence-electron chi connectivity index (χ1n) is 5.10. The number of anilines is 1. The summed E-state index contributed by atoms with van der Waals surface area (Å²) < 4.78 is 32.5. The highest BCUT2D eigenvalue weighted by atomic mass is 19.3. The molecule has 0 radical (unpaired) electrons. The molecule has 0 aliphatic rings. The molecule has 0 aliphatic heterocycles. The van der Waals surface area contributed by atoms with E-state index in [1.807, 2.05) is 0 Å². The molecule has 0 atom stereocenters. The molecule has 0 aromatic carbocycles. The summed E-state index contributed by atoms with van der Waals surface area (Å²) in [4.78, 5) is 0. The first kappa shape index (κ1) is 11.6. The summed E-state index contributed by atoms with van der Waals surface area (Å²) >= 11 is 0. The van der Waals surface area contributed by atoms with Gasteiger partial charge in [0.2, 0.25) is 0 Å². The number of pyridine rings is 1. The van der Waals surface area contributed by atoms with Crippen LogP contribution in [-0.2, 0) is 6.42 Å². The average Bonchev–Trinajstić information content (AvgIpc) is 2.53. The van der Waals surface area contributed by atoms with Crippen LogP contribution in [0.1, 0.15) is 12.6 Å². The maximum absolute atomic E-state index is 13.0. The topological polar surface area (TPSA) is 52.5 Å². The molecule has 0 spiro atoms. The van der Waals surface area contributed by atoms with Gasteiger partial charge in [0.15, 0.2) is 0 Å². The second kappa shape index (κ2) is 3.87. The minimum atomic E-state index is -2.83. The number of nitrogens with zero attached hydrogens (tertiary/aromatic N) is 2. The zero-order chi connectivity index (χ0) is 12.6. The first-order chi connectivity index (χ1) is 7.92. The largest absolute Gasteiger partial charge is 0.494 e.